The summed E-state index contributed by atoms with van der Waals surface area (Å²) in [6, 6.07) is 14.0. The molecule has 3 N–H and O–H groups in total. The molecule has 0 spiro atoms. The van der Waals surface area contributed by atoms with Crippen LogP contribution in [0, 0.1) is 0 Å². The quantitative estimate of drug-likeness (QED) is 0.465. The first-order valence-electron chi connectivity index (χ1n) is 11.3. The van der Waals surface area contributed by atoms with Crippen LogP contribution in [-0.4, -0.2) is 48.8 Å². The van der Waals surface area contributed by atoms with Gasteiger partial charge in [0.25, 0.3) is 11.8 Å². The topological polar surface area (TPSA) is 90.5 Å². The lowest BCUT2D eigenvalue weighted by molar-refractivity contribution is -0.114. The molecule has 3 amide bonds. The normalized spacial score (nSPS) is 10.3. The average Bonchev–Trinajstić information content (AvgIpc) is 2.81. The van der Waals surface area contributed by atoms with Crippen LogP contribution in [0.2, 0.25) is 0 Å². The molecule has 7 nitrogen and oxygen atoms in total. The zero-order chi connectivity index (χ0) is 23.3. The van der Waals surface area contributed by atoms with Crippen molar-refractivity contribution in [3.63, 3.8) is 0 Å². The van der Waals surface area contributed by atoms with E-state index in [1.54, 1.807) is 36.4 Å². The van der Waals surface area contributed by atoms with Crippen LogP contribution in [-0.2, 0) is 4.79 Å². The van der Waals surface area contributed by atoms with Gasteiger partial charge >= 0.3 is 0 Å². The summed E-state index contributed by atoms with van der Waals surface area (Å²) in [5.41, 5.74) is 2.36. The SMILES string of the molecule is CCCNC(=O)c1cccc(NC(=O)CNc2cccc(C(=O)N(CCC)CCC)c2)c1. The number of hydrogen-bond acceptors (Lipinski definition) is 4. The van der Waals surface area contributed by atoms with E-state index in [2.05, 4.69) is 29.8 Å². The van der Waals surface area contributed by atoms with E-state index in [1.165, 1.54) is 0 Å². The van der Waals surface area contributed by atoms with E-state index in [1.807, 2.05) is 24.0 Å². The molecular weight excluding hydrogens is 404 g/mol. The molecule has 7 heteroatoms. The van der Waals surface area contributed by atoms with E-state index in [9.17, 15) is 14.4 Å². The Hall–Kier alpha value is -3.35. The Labute approximate surface area is 190 Å². The summed E-state index contributed by atoms with van der Waals surface area (Å²) >= 11 is 0. The number of anilines is 2. The maximum Gasteiger partial charge on any atom is 0.253 e. The summed E-state index contributed by atoms with van der Waals surface area (Å²) in [5, 5.41) is 8.68. The Kier molecular flexibility index (Phi) is 10.2. The van der Waals surface area contributed by atoms with Crippen LogP contribution in [0.1, 0.15) is 60.7 Å². The smallest absolute Gasteiger partial charge is 0.253 e. The number of nitrogens with zero attached hydrogens (tertiary/aromatic N) is 1. The predicted octanol–water partition coefficient (Wildman–Crippen LogP) is 4.14. The molecule has 172 valence electrons. The van der Waals surface area contributed by atoms with Crippen LogP contribution in [0.5, 0.6) is 0 Å². The zero-order valence-electron chi connectivity index (χ0n) is 19.2. The maximum atomic E-state index is 12.8. The average molecular weight is 439 g/mol. The van der Waals surface area contributed by atoms with Gasteiger partial charge in [-0.1, -0.05) is 32.9 Å². The number of amides is 3. The molecule has 0 aromatic heterocycles. The zero-order valence-corrected chi connectivity index (χ0v) is 19.2. The van der Waals surface area contributed by atoms with E-state index in [0.717, 1.165) is 32.4 Å². The number of rotatable bonds is 12. The third kappa shape index (κ3) is 7.72. The highest BCUT2D eigenvalue weighted by molar-refractivity contribution is 5.98. The molecule has 2 aromatic rings. The summed E-state index contributed by atoms with van der Waals surface area (Å²) in [6.45, 7) is 8.19. The van der Waals surface area contributed by atoms with Crippen molar-refractivity contribution < 1.29 is 14.4 Å². The minimum absolute atomic E-state index is 0.0000314. The second-order valence-electron chi connectivity index (χ2n) is 7.61. The maximum absolute atomic E-state index is 12.8. The first-order chi connectivity index (χ1) is 15.5. The standard InChI is InChI=1S/C25H34N4O3/c1-4-13-26-24(31)19-9-7-12-22(16-19)28-23(30)18-27-21-11-8-10-20(17-21)25(32)29(14-5-2)15-6-3/h7-12,16-17,27H,4-6,13-15,18H2,1-3H3,(H,26,31)(H,28,30). The fourth-order valence-corrected chi connectivity index (χ4v) is 3.27. The molecule has 0 fully saturated rings. The Morgan fingerprint density at radius 3 is 2.09 bits per heavy atom. The van der Waals surface area contributed by atoms with Crippen LogP contribution < -0.4 is 16.0 Å². The van der Waals surface area contributed by atoms with Gasteiger partial charge in [-0.2, -0.15) is 0 Å². The van der Waals surface area contributed by atoms with Crippen molar-refractivity contribution >= 4 is 29.1 Å². The lowest BCUT2D eigenvalue weighted by atomic mass is 10.1. The summed E-state index contributed by atoms with van der Waals surface area (Å²) in [6.07, 6.45) is 2.67. The van der Waals surface area contributed by atoms with Gasteiger partial charge in [0, 0.05) is 42.1 Å². The molecule has 32 heavy (non-hydrogen) atoms. The van der Waals surface area contributed by atoms with Gasteiger partial charge < -0.3 is 20.9 Å². The fraction of sp³-hybridized carbons (Fsp3) is 0.400. The second kappa shape index (κ2) is 13.1. The molecule has 0 aliphatic carbocycles. The van der Waals surface area contributed by atoms with E-state index < -0.39 is 0 Å². The van der Waals surface area contributed by atoms with Crippen molar-refractivity contribution in [2.45, 2.75) is 40.0 Å². The number of hydrogen-bond donors (Lipinski definition) is 3. The van der Waals surface area contributed by atoms with Crippen LogP contribution >= 0.6 is 0 Å². The molecule has 0 bridgehead atoms. The lowest BCUT2D eigenvalue weighted by Crippen LogP contribution is -2.32. The van der Waals surface area contributed by atoms with Crippen LogP contribution in [0.15, 0.2) is 48.5 Å². The third-order valence-electron chi connectivity index (χ3n) is 4.78. The number of nitrogens with one attached hydrogen (secondary N) is 3. The summed E-state index contributed by atoms with van der Waals surface area (Å²) in [7, 11) is 0. The lowest BCUT2D eigenvalue weighted by Gasteiger charge is -2.21. The fourth-order valence-electron chi connectivity index (χ4n) is 3.27. The van der Waals surface area contributed by atoms with Gasteiger partial charge in [0.05, 0.1) is 6.54 Å². The molecule has 0 radical (unpaired) electrons. The Morgan fingerprint density at radius 2 is 1.44 bits per heavy atom. The van der Waals surface area contributed by atoms with Crippen molar-refractivity contribution in [2.24, 2.45) is 0 Å². The molecule has 0 aliphatic rings. The molecule has 0 atom stereocenters. The van der Waals surface area contributed by atoms with Crippen molar-refractivity contribution in [3.05, 3.63) is 59.7 Å². The molecule has 0 aliphatic heterocycles. The van der Waals surface area contributed by atoms with E-state index in [-0.39, 0.29) is 24.3 Å². The summed E-state index contributed by atoms with van der Waals surface area (Å²) < 4.78 is 0. The molecule has 0 heterocycles. The van der Waals surface area contributed by atoms with Gasteiger partial charge in [0.2, 0.25) is 5.91 Å². The Bertz CT molecular complexity index is 908. The van der Waals surface area contributed by atoms with Gasteiger partial charge in [-0.05, 0) is 55.7 Å². The minimum Gasteiger partial charge on any atom is -0.376 e. The van der Waals surface area contributed by atoms with Crippen LogP contribution in [0.4, 0.5) is 11.4 Å². The molecule has 0 unspecified atom stereocenters. The van der Waals surface area contributed by atoms with Crippen molar-refractivity contribution in [1.82, 2.24) is 10.2 Å². The van der Waals surface area contributed by atoms with Crippen LogP contribution in [0.3, 0.4) is 0 Å². The first-order valence-corrected chi connectivity index (χ1v) is 11.3. The molecule has 2 rings (SSSR count). The highest BCUT2D eigenvalue weighted by Gasteiger charge is 2.14. The first kappa shape index (κ1) is 24.9. The highest BCUT2D eigenvalue weighted by atomic mass is 16.2. The van der Waals surface area contributed by atoms with E-state index in [4.69, 9.17) is 0 Å². The number of carbonyl (C=O) groups excluding carboxylic acids is 3. The van der Waals surface area contributed by atoms with Gasteiger partial charge in [0.15, 0.2) is 0 Å². The number of benzene rings is 2. The Morgan fingerprint density at radius 1 is 0.812 bits per heavy atom. The van der Waals surface area contributed by atoms with Crippen LogP contribution in [0.25, 0.3) is 0 Å². The van der Waals surface area contributed by atoms with Crippen molar-refractivity contribution in [3.8, 4) is 0 Å². The van der Waals surface area contributed by atoms with Gasteiger partial charge in [-0.15, -0.1) is 0 Å². The van der Waals surface area contributed by atoms with Crippen molar-refractivity contribution in [2.75, 3.05) is 36.8 Å². The highest BCUT2D eigenvalue weighted by Crippen LogP contribution is 2.14. The molecule has 0 saturated carbocycles. The van der Waals surface area contributed by atoms with E-state index >= 15 is 0 Å². The van der Waals surface area contributed by atoms with Gasteiger partial charge in [0.1, 0.15) is 0 Å². The van der Waals surface area contributed by atoms with E-state index in [0.29, 0.717) is 29.0 Å². The largest absolute Gasteiger partial charge is 0.376 e. The molecular formula is C25H34N4O3. The summed E-state index contributed by atoms with van der Waals surface area (Å²) in [5.74, 6) is -0.408. The second-order valence-corrected chi connectivity index (χ2v) is 7.61. The van der Waals surface area contributed by atoms with Gasteiger partial charge in [-0.25, -0.2) is 0 Å². The number of carbonyl (C=O) groups is 3. The monoisotopic (exact) mass is 438 g/mol. The molecule has 0 saturated heterocycles. The summed E-state index contributed by atoms with van der Waals surface area (Å²) in [4.78, 5) is 39.1. The third-order valence-corrected chi connectivity index (χ3v) is 4.78. The van der Waals surface area contributed by atoms with Gasteiger partial charge in [-0.3, -0.25) is 14.4 Å². The predicted molar refractivity (Wildman–Crippen MR) is 129 cm³/mol. The molecule has 2 aromatic carbocycles. The van der Waals surface area contributed by atoms with Crippen molar-refractivity contribution in [1.29, 1.82) is 0 Å². The Balaban J connectivity index is 1.95. The minimum atomic E-state index is -0.244.